The molecule has 0 aromatic carbocycles. The largest absolute Gasteiger partial charge is 0.342 e. The quantitative estimate of drug-likeness (QED) is 0.775. The fourth-order valence-electron chi connectivity index (χ4n) is 3.36. The zero-order chi connectivity index (χ0) is 18.2. The molecule has 0 bridgehead atoms. The Kier molecular flexibility index (Phi) is 7.68. The number of hydrogen-bond acceptors (Lipinski definition) is 5. The van der Waals surface area contributed by atoms with Crippen LogP contribution in [-0.2, 0) is 16.1 Å². The lowest BCUT2D eigenvalue weighted by Crippen LogP contribution is -2.41. The third-order valence-electron chi connectivity index (χ3n) is 4.75. The average Bonchev–Trinajstić information content (AvgIpc) is 2.87. The molecule has 25 heavy (non-hydrogen) atoms. The second-order valence-electron chi connectivity index (χ2n) is 6.44. The molecule has 1 fully saturated rings. The number of aromatic nitrogens is 2. The molecule has 0 saturated carbocycles. The summed E-state index contributed by atoms with van der Waals surface area (Å²) in [4.78, 5) is 36.7. The van der Waals surface area contributed by atoms with Crippen molar-refractivity contribution in [3.8, 4) is 0 Å². The number of rotatable bonds is 6. The molecule has 1 aromatic heterocycles. The van der Waals surface area contributed by atoms with Crippen molar-refractivity contribution in [1.82, 2.24) is 19.8 Å². The predicted octanol–water partition coefficient (Wildman–Crippen LogP) is 2.35. The van der Waals surface area contributed by atoms with Gasteiger partial charge in [-0.25, -0.2) is 9.97 Å². The molecule has 1 saturated heterocycles. The fourth-order valence-corrected chi connectivity index (χ4v) is 4.05. The van der Waals surface area contributed by atoms with E-state index in [1.165, 1.54) is 6.33 Å². The minimum Gasteiger partial charge on any atom is -0.342 e. The molecule has 2 heterocycles. The molecule has 0 aliphatic carbocycles. The van der Waals surface area contributed by atoms with Crippen LogP contribution in [0.2, 0.25) is 0 Å². The van der Waals surface area contributed by atoms with Gasteiger partial charge in [0.15, 0.2) is 0 Å². The number of nitrogens with zero attached hydrogens (tertiary/aromatic N) is 4. The van der Waals surface area contributed by atoms with Crippen LogP contribution in [-0.4, -0.2) is 62.2 Å². The number of carbonyl (C=O) groups is 2. The number of thioether (sulfide) groups is 1. The van der Waals surface area contributed by atoms with Crippen LogP contribution in [0.25, 0.3) is 0 Å². The smallest absolute Gasteiger partial charge is 0.235 e. The number of amides is 2. The third kappa shape index (κ3) is 5.42. The normalized spacial score (nSPS) is 19.2. The van der Waals surface area contributed by atoms with Gasteiger partial charge < -0.3 is 9.80 Å². The maximum atomic E-state index is 12.6. The lowest BCUT2D eigenvalue weighted by molar-refractivity contribution is -0.132. The first-order valence-corrected chi connectivity index (χ1v) is 10.2. The van der Waals surface area contributed by atoms with Crippen LogP contribution >= 0.6 is 11.8 Å². The van der Waals surface area contributed by atoms with Crippen molar-refractivity contribution >= 4 is 23.6 Å². The Morgan fingerprint density at radius 2 is 2.04 bits per heavy atom. The summed E-state index contributed by atoms with van der Waals surface area (Å²) in [5.74, 6) is 0.297. The highest BCUT2D eigenvalue weighted by Gasteiger charge is 2.28. The van der Waals surface area contributed by atoms with Gasteiger partial charge in [-0.15, -0.1) is 0 Å². The number of hydrogen-bond donors (Lipinski definition) is 0. The van der Waals surface area contributed by atoms with Gasteiger partial charge in [0.2, 0.25) is 11.8 Å². The number of carbonyl (C=O) groups excluding carboxylic acids is 2. The van der Waals surface area contributed by atoms with Gasteiger partial charge in [0.25, 0.3) is 0 Å². The Balaban J connectivity index is 2.02. The summed E-state index contributed by atoms with van der Waals surface area (Å²) in [6.45, 7) is 5.69. The monoisotopic (exact) mass is 364 g/mol. The highest BCUT2D eigenvalue weighted by atomic mass is 32.2. The molecule has 1 aliphatic heterocycles. The summed E-state index contributed by atoms with van der Waals surface area (Å²) < 4.78 is 0. The Hall–Kier alpha value is -1.63. The third-order valence-corrected chi connectivity index (χ3v) is 5.86. The molecule has 7 heteroatoms. The molecule has 2 atom stereocenters. The molecule has 0 N–H and O–H groups in total. The van der Waals surface area contributed by atoms with Crippen molar-refractivity contribution in [2.75, 3.05) is 19.3 Å². The zero-order valence-corrected chi connectivity index (χ0v) is 16.2. The van der Waals surface area contributed by atoms with Gasteiger partial charge in [-0.05, 0) is 31.9 Å². The van der Waals surface area contributed by atoms with Crippen LogP contribution in [0.3, 0.4) is 0 Å². The first-order chi connectivity index (χ1) is 12.1. The molecule has 0 spiro atoms. The molecular formula is C18H28N4O2S. The van der Waals surface area contributed by atoms with E-state index in [4.69, 9.17) is 0 Å². The summed E-state index contributed by atoms with van der Waals surface area (Å²) in [6, 6.07) is 0.157. The summed E-state index contributed by atoms with van der Waals surface area (Å²) in [7, 11) is 0. The maximum Gasteiger partial charge on any atom is 0.235 e. The average molecular weight is 365 g/mol. The van der Waals surface area contributed by atoms with E-state index in [0.717, 1.165) is 44.3 Å². The van der Waals surface area contributed by atoms with Gasteiger partial charge in [0.1, 0.15) is 6.33 Å². The van der Waals surface area contributed by atoms with Crippen LogP contribution in [0.4, 0.5) is 0 Å². The van der Waals surface area contributed by atoms with Crippen molar-refractivity contribution in [3.05, 3.63) is 24.3 Å². The molecule has 1 aromatic rings. The van der Waals surface area contributed by atoms with Crippen LogP contribution in [0.15, 0.2) is 18.7 Å². The van der Waals surface area contributed by atoms with Crippen LogP contribution in [0.1, 0.15) is 45.1 Å². The summed E-state index contributed by atoms with van der Waals surface area (Å²) in [5, 5.41) is 0.0435. The summed E-state index contributed by atoms with van der Waals surface area (Å²) >= 11 is 1.62. The van der Waals surface area contributed by atoms with Crippen molar-refractivity contribution in [2.24, 2.45) is 0 Å². The minimum atomic E-state index is 0.0435. The maximum absolute atomic E-state index is 12.6. The second-order valence-corrected chi connectivity index (χ2v) is 7.48. The van der Waals surface area contributed by atoms with Crippen LogP contribution in [0, 0.1) is 0 Å². The topological polar surface area (TPSA) is 66.4 Å². The fraction of sp³-hybridized carbons (Fsp3) is 0.667. The lowest BCUT2D eigenvalue weighted by atomic mass is 10.1. The lowest BCUT2D eigenvalue weighted by Gasteiger charge is -2.30. The second kappa shape index (κ2) is 9.75. The Morgan fingerprint density at radius 1 is 1.32 bits per heavy atom. The minimum absolute atomic E-state index is 0.0435. The van der Waals surface area contributed by atoms with Gasteiger partial charge in [0.05, 0.1) is 5.25 Å². The van der Waals surface area contributed by atoms with Gasteiger partial charge >= 0.3 is 0 Å². The van der Waals surface area contributed by atoms with Crippen molar-refractivity contribution in [1.29, 1.82) is 0 Å². The highest BCUT2D eigenvalue weighted by Crippen LogP contribution is 2.22. The van der Waals surface area contributed by atoms with E-state index in [1.54, 1.807) is 31.1 Å². The molecule has 1 aliphatic rings. The number of likely N-dealkylation sites (tertiary alicyclic amines) is 1. The van der Waals surface area contributed by atoms with Gasteiger partial charge in [-0.1, -0.05) is 6.92 Å². The molecule has 6 nitrogen and oxygen atoms in total. The zero-order valence-electron chi connectivity index (χ0n) is 15.4. The van der Waals surface area contributed by atoms with Crippen LogP contribution < -0.4 is 0 Å². The van der Waals surface area contributed by atoms with Gasteiger partial charge in [-0.2, -0.15) is 11.8 Å². The van der Waals surface area contributed by atoms with Crippen molar-refractivity contribution < 1.29 is 9.59 Å². The molecule has 2 amide bonds. The van der Waals surface area contributed by atoms with Crippen molar-refractivity contribution in [3.63, 3.8) is 0 Å². The van der Waals surface area contributed by atoms with E-state index in [2.05, 4.69) is 16.9 Å². The standard InChI is InChI=1S/C18H28N4O2S/c1-4-17(25-3)18(24)21-8-5-6-16(7-9-21)22(14(2)23)12-15-10-19-13-20-11-15/h10-11,13,16-17H,4-9,12H2,1-3H3/t16-,17+/m1/s1. The first-order valence-electron chi connectivity index (χ1n) is 8.89. The summed E-state index contributed by atoms with van der Waals surface area (Å²) in [5.41, 5.74) is 0.934. The molecule has 2 rings (SSSR count). The van der Waals surface area contributed by atoms with E-state index >= 15 is 0 Å². The molecule has 0 radical (unpaired) electrons. The SMILES string of the molecule is CC[C@H](SC)C(=O)N1CCC[C@@H](N(Cc2cncnc2)C(C)=O)CC1. The highest BCUT2D eigenvalue weighted by molar-refractivity contribution is 7.99. The Bertz CT molecular complexity index is 565. The van der Waals surface area contributed by atoms with Gasteiger partial charge in [0, 0.05) is 50.6 Å². The Morgan fingerprint density at radius 3 is 2.64 bits per heavy atom. The van der Waals surface area contributed by atoms with Crippen molar-refractivity contribution in [2.45, 2.75) is 57.4 Å². The molecule has 0 unspecified atom stereocenters. The van der Waals surface area contributed by atoms with E-state index in [1.807, 2.05) is 16.1 Å². The van der Waals surface area contributed by atoms with E-state index in [9.17, 15) is 9.59 Å². The van der Waals surface area contributed by atoms with E-state index in [-0.39, 0.29) is 23.1 Å². The predicted molar refractivity (Wildman–Crippen MR) is 100 cm³/mol. The molecular weight excluding hydrogens is 336 g/mol. The van der Waals surface area contributed by atoms with Crippen LogP contribution in [0.5, 0.6) is 0 Å². The summed E-state index contributed by atoms with van der Waals surface area (Å²) in [6.07, 6.45) is 10.5. The Labute approximate surface area is 154 Å². The first kappa shape index (κ1) is 19.7. The van der Waals surface area contributed by atoms with E-state index < -0.39 is 0 Å². The van der Waals surface area contributed by atoms with E-state index in [0.29, 0.717) is 6.54 Å². The van der Waals surface area contributed by atoms with Gasteiger partial charge in [-0.3, -0.25) is 9.59 Å². The molecule has 138 valence electrons.